The highest BCUT2D eigenvalue weighted by atomic mass is 19.2. The third-order valence-electron chi connectivity index (χ3n) is 5.96. The van der Waals surface area contributed by atoms with Crippen LogP contribution in [0.3, 0.4) is 0 Å². The molecular weight excluding hydrogens is 356 g/mol. The van der Waals surface area contributed by atoms with Crippen LogP contribution in [0, 0.1) is 23.5 Å². The van der Waals surface area contributed by atoms with E-state index in [0.717, 1.165) is 0 Å². The molecule has 1 atom stereocenters. The lowest BCUT2D eigenvalue weighted by atomic mass is 9.71. The van der Waals surface area contributed by atoms with Gasteiger partial charge in [0, 0.05) is 5.92 Å². The first-order chi connectivity index (χ1) is 13.0. The minimum absolute atomic E-state index is 0.00602. The summed E-state index contributed by atoms with van der Waals surface area (Å²) < 4.78 is 62.3. The van der Waals surface area contributed by atoms with Crippen molar-refractivity contribution in [3.63, 3.8) is 0 Å². The van der Waals surface area contributed by atoms with E-state index in [4.69, 9.17) is 4.74 Å². The van der Waals surface area contributed by atoms with E-state index in [1.54, 1.807) is 32.1 Å². The van der Waals surface area contributed by atoms with Crippen LogP contribution in [0.15, 0.2) is 35.6 Å². The van der Waals surface area contributed by atoms with Gasteiger partial charge >= 0.3 is 0 Å². The van der Waals surface area contributed by atoms with Gasteiger partial charge in [0.05, 0.1) is 6.61 Å². The number of halogens is 4. The summed E-state index contributed by atoms with van der Waals surface area (Å²) >= 11 is 0. The van der Waals surface area contributed by atoms with E-state index in [1.165, 1.54) is 0 Å². The summed E-state index contributed by atoms with van der Waals surface area (Å²) in [6.45, 7) is 3.81. The Balaban J connectivity index is 1.67. The molecule has 2 aliphatic carbocycles. The summed E-state index contributed by atoms with van der Waals surface area (Å²) in [5, 5.41) is 0. The van der Waals surface area contributed by atoms with Crippen molar-refractivity contribution in [1.29, 1.82) is 0 Å². The van der Waals surface area contributed by atoms with E-state index in [1.807, 2.05) is 0 Å². The van der Waals surface area contributed by atoms with Crippen LogP contribution in [-0.4, -0.2) is 6.61 Å². The summed E-state index contributed by atoms with van der Waals surface area (Å²) in [7, 11) is 0. The number of benzene rings is 1. The molecule has 1 nitrogen and oxygen atoms in total. The fourth-order valence-corrected chi connectivity index (χ4v) is 4.41. The van der Waals surface area contributed by atoms with Crippen LogP contribution in [-0.2, 0) is 11.2 Å². The van der Waals surface area contributed by atoms with Crippen molar-refractivity contribution in [2.24, 2.45) is 11.8 Å². The fraction of sp³-hybridized carbons (Fsp3) is 0.545. The monoisotopic (exact) mass is 382 g/mol. The lowest BCUT2D eigenvalue weighted by molar-refractivity contribution is 0.189. The van der Waals surface area contributed by atoms with Crippen LogP contribution in [0.1, 0.15) is 63.0 Å². The Hall–Kier alpha value is -1.78. The van der Waals surface area contributed by atoms with Crippen molar-refractivity contribution < 1.29 is 22.3 Å². The number of rotatable bonds is 5. The molecule has 1 aromatic carbocycles. The van der Waals surface area contributed by atoms with Crippen molar-refractivity contribution >= 4 is 0 Å². The Labute approximate surface area is 158 Å². The average Bonchev–Trinajstić information content (AvgIpc) is 2.68. The third-order valence-corrected chi connectivity index (χ3v) is 5.96. The molecule has 1 aromatic rings. The van der Waals surface area contributed by atoms with E-state index >= 15 is 0 Å². The molecule has 148 valence electrons. The average molecular weight is 382 g/mol. The zero-order valence-corrected chi connectivity index (χ0v) is 15.8. The van der Waals surface area contributed by atoms with Gasteiger partial charge in [0.25, 0.3) is 0 Å². The molecule has 2 aliphatic rings. The van der Waals surface area contributed by atoms with Gasteiger partial charge in [-0.25, -0.2) is 17.6 Å². The summed E-state index contributed by atoms with van der Waals surface area (Å²) in [6, 6.07) is 3.33. The van der Waals surface area contributed by atoms with Crippen LogP contribution in [0.25, 0.3) is 0 Å². The number of ether oxygens (including phenoxy) is 1. The quantitative estimate of drug-likeness (QED) is 0.504. The van der Waals surface area contributed by atoms with Crippen molar-refractivity contribution in [3.8, 4) is 0 Å². The number of allylic oxidation sites excluding steroid dienone is 3. The summed E-state index contributed by atoms with van der Waals surface area (Å²) in [6.07, 6.45) is 5.13. The molecule has 0 N–H and O–H groups in total. The molecule has 27 heavy (non-hydrogen) atoms. The maximum atomic E-state index is 14.5. The van der Waals surface area contributed by atoms with Crippen LogP contribution >= 0.6 is 0 Å². The zero-order chi connectivity index (χ0) is 19.6. The number of hydrogen-bond acceptors (Lipinski definition) is 1. The van der Waals surface area contributed by atoms with Crippen molar-refractivity contribution in [2.45, 2.75) is 58.3 Å². The largest absolute Gasteiger partial charge is 0.491 e. The molecule has 0 radical (unpaired) electrons. The second-order valence-electron chi connectivity index (χ2n) is 7.41. The zero-order valence-electron chi connectivity index (χ0n) is 15.8. The second kappa shape index (κ2) is 8.49. The SMILES string of the molecule is CCOC1=CC[C@@H](C2CCC(c3ccc(CC)c(F)c3F)CC2)C(F)=C1F. The van der Waals surface area contributed by atoms with E-state index in [0.29, 0.717) is 56.3 Å². The van der Waals surface area contributed by atoms with Crippen LogP contribution in [0.4, 0.5) is 17.6 Å². The molecule has 0 unspecified atom stereocenters. The van der Waals surface area contributed by atoms with E-state index in [2.05, 4.69) is 0 Å². The predicted molar refractivity (Wildman–Crippen MR) is 97.5 cm³/mol. The minimum Gasteiger partial charge on any atom is -0.491 e. The Morgan fingerprint density at radius 3 is 2.30 bits per heavy atom. The molecule has 3 rings (SSSR count). The third kappa shape index (κ3) is 3.92. The van der Waals surface area contributed by atoms with Crippen LogP contribution < -0.4 is 0 Å². The first-order valence-corrected chi connectivity index (χ1v) is 9.83. The molecule has 1 fully saturated rings. The fourth-order valence-electron chi connectivity index (χ4n) is 4.41. The molecule has 0 amide bonds. The predicted octanol–water partition coefficient (Wildman–Crippen LogP) is 6.89. The molecular formula is C22H26F4O. The highest BCUT2D eigenvalue weighted by molar-refractivity contribution is 5.31. The topological polar surface area (TPSA) is 9.23 Å². The Morgan fingerprint density at radius 1 is 0.963 bits per heavy atom. The normalized spacial score (nSPS) is 26.1. The van der Waals surface area contributed by atoms with Gasteiger partial charge in [0.15, 0.2) is 23.2 Å². The molecule has 0 aliphatic heterocycles. The van der Waals surface area contributed by atoms with Gasteiger partial charge in [0.2, 0.25) is 0 Å². The van der Waals surface area contributed by atoms with Gasteiger partial charge in [-0.2, -0.15) is 0 Å². The number of hydrogen-bond donors (Lipinski definition) is 0. The van der Waals surface area contributed by atoms with Crippen molar-refractivity contribution in [1.82, 2.24) is 0 Å². The lowest BCUT2D eigenvalue weighted by Gasteiger charge is -2.34. The second-order valence-corrected chi connectivity index (χ2v) is 7.41. The van der Waals surface area contributed by atoms with Gasteiger partial charge in [-0.05, 0) is 74.5 Å². The molecule has 1 saturated carbocycles. The Bertz CT molecular complexity index is 745. The van der Waals surface area contributed by atoms with Gasteiger partial charge in [0.1, 0.15) is 5.83 Å². The van der Waals surface area contributed by atoms with Gasteiger partial charge in [-0.15, -0.1) is 0 Å². The molecule has 0 bridgehead atoms. The van der Waals surface area contributed by atoms with Crippen molar-refractivity contribution in [3.05, 3.63) is 58.4 Å². The first-order valence-electron chi connectivity index (χ1n) is 9.83. The van der Waals surface area contributed by atoms with Gasteiger partial charge < -0.3 is 4.74 Å². The lowest BCUT2D eigenvalue weighted by Crippen LogP contribution is -2.24. The summed E-state index contributed by atoms with van der Waals surface area (Å²) in [5.41, 5.74) is 0.791. The van der Waals surface area contributed by atoms with E-state index in [-0.39, 0.29) is 17.6 Å². The van der Waals surface area contributed by atoms with E-state index in [9.17, 15) is 17.6 Å². The highest BCUT2D eigenvalue weighted by Crippen LogP contribution is 2.45. The van der Waals surface area contributed by atoms with Gasteiger partial charge in [-0.3, -0.25) is 0 Å². The summed E-state index contributed by atoms with van der Waals surface area (Å²) in [4.78, 5) is 0. The molecule has 0 saturated heterocycles. The van der Waals surface area contributed by atoms with E-state index < -0.39 is 29.2 Å². The van der Waals surface area contributed by atoms with Gasteiger partial charge in [-0.1, -0.05) is 19.1 Å². The molecule has 5 heteroatoms. The maximum absolute atomic E-state index is 14.5. The standard InChI is InChI=1S/C22H26F4O/c1-3-13-9-10-16(20(24)19(13)23)14-5-7-15(8-6-14)17-11-12-18(27-4-2)22(26)21(17)25/h9-10,12,14-15,17H,3-8,11H2,1-2H3/t14?,15?,17-/m0/s1. The Kier molecular flexibility index (Phi) is 6.28. The van der Waals surface area contributed by atoms with Crippen molar-refractivity contribution in [2.75, 3.05) is 6.61 Å². The Morgan fingerprint density at radius 2 is 1.67 bits per heavy atom. The van der Waals surface area contributed by atoms with Crippen LogP contribution in [0.5, 0.6) is 0 Å². The highest BCUT2D eigenvalue weighted by Gasteiger charge is 2.35. The number of aryl methyl sites for hydroxylation is 1. The summed E-state index contributed by atoms with van der Waals surface area (Å²) in [5.74, 6) is -3.68. The smallest absolute Gasteiger partial charge is 0.196 e. The molecule has 0 heterocycles. The molecule has 0 spiro atoms. The first kappa shape index (κ1) is 20.0. The maximum Gasteiger partial charge on any atom is 0.196 e. The van der Waals surface area contributed by atoms with Crippen LogP contribution in [0.2, 0.25) is 0 Å². The minimum atomic E-state index is -0.890. The molecule has 0 aromatic heterocycles.